The Labute approximate surface area is 150 Å². The summed E-state index contributed by atoms with van der Waals surface area (Å²) >= 11 is 0. The first-order valence-electron chi connectivity index (χ1n) is 8.68. The van der Waals surface area contributed by atoms with Crippen molar-refractivity contribution in [3.05, 3.63) is 109 Å². The summed E-state index contributed by atoms with van der Waals surface area (Å²) in [4.78, 5) is 0. The van der Waals surface area contributed by atoms with Crippen LogP contribution in [0.1, 0.15) is 18.1 Å². The molecule has 0 atom stereocenters. The minimum absolute atomic E-state index is 1.10. The van der Waals surface area contributed by atoms with Crippen molar-refractivity contribution in [3.63, 3.8) is 0 Å². The summed E-state index contributed by atoms with van der Waals surface area (Å²) in [5, 5.41) is 0. The first-order chi connectivity index (χ1) is 12.3. The number of benzene rings is 2. The maximum absolute atomic E-state index is 2.18. The van der Waals surface area contributed by atoms with Gasteiger partial charge in [0, 0.05) is 36.2 Å². The van der Waals surface area contributed by atoms with Gasteiger partial charge in [0.25, 0.3) is 0 Å². The van der Waals surface area contributed by atoms with E-state index in [1.54, 1.807) is 0 Å². The van der Waals surface area contributed by atoms with Gasteiger partial charge in [0.15, 0.2) is 0 Å². The van der Waals surface area contributed by atoms with Gasteiger partial charge < -0.3 is 9.13 Å². The molecule has 4 aromatic rings. The molecule has 0 saturated carbocycles. The van der Waals surface area contributed by atoms with E-state index in [9.17, 15) is 0 Å². The number of aromatic nitrogens is 2. The Balaban J connectivity index is 0.000000146. The van der Waals surface area contributed by atoms with Gasteiger partial charge in [-0.3, -0.25) is 0 Å². The average Bonchev–Trinajstić information content (AvgIpc) is 3.33. The van der Waals surface area contributed by atoms with E-state index in [4.69, 9.17) is 0 Å². The smallest absolute Gasteiger partial charge is 0.0449 e. The largest absolute Gasteiger partial charge is 0.324 e. The highest BCUT2D eigenvalue weighted by Gasteiger charge is 1.95. The third kappa shape index (κ3) is 4.51. The van der Waals surface area contributed by atoms with Crippen LogP contribution in [0, 0.1) is 6.92 Å². The number of hydrogen-bond donors (Lipinski definition) is 0. The van der Waals surface area contributed by atoms with Crippen molar-refractivity contribution >= 4 is 0 Å². The van der Waals surface area contributed by atoms with Crippen molar-refractivity contribution in [2.24, 2.45) is 0 Å². The van der Waals surface area contributed by atoms with E-state index < -0.39 is 0 Å². The Hall–Kier alpha value is -3.00. The molecule has 0 N–H and O–H groups in total. The van der Waals surface area contributed by atoms with E-state index in [0.29, 0.717) is 0 Å². The molecule has 0 amide bonds. The van der Waals surface area contributed by atoms with Crippen LogP contribution in [0.2, 0.25) is 0 Å². The molecule has 2 aromatic heterocycles. The zero-order chi connectivity index (χ0) is 17.5. The van der Waals surface area contributed by atoms with Crippen LogP contribution in [0.4, 0.5) is 0 Å². The predicted molar refractivity (Wildman–Crippen MR) is 106 cm³/mol. The summed E-state index contributed by atoms with van der Waals surface area (Å²) in [6.45, 7) is 4.27. The van der Waals surface area contributed by atoms with Crippen LogP contribution in [0.25, 0.3) is 11.4 Å². The topological polar surface area (TPSA) is 9.86 Å². The van der Waals surface area contributed by atoms with Crippen molar-refractivity contribution < 1.29 is 0 Å². The molecule has 25 heavy (non-hydrogen) atoms. The molecular weight excluding hydrogens is 304 g/mol. The lowest BCUT2D eigenvalue weighted by atomic mass is 10.3. The zero-order valence-corrected chi connectivity index (χ0v) is 14.8. The Kier molecular flexibility index (Phi) is 5.53. The number of para-hydroxylation sites is 2. The molecule has 2 nitrogen and oxygen atoms in total. The lowest BCUT2D eigenvalue weighted by Crippen LogP contribution is -1.87. The van der Waals surface area contributed by atoms with Crippen LogP contribution < -0.4 is 0 Å². The Morgan fingerprint density at radius 1 is 0.640 bits per heavy atom. The molecule has 4 rings (SSSR count). The molecule has 0 aliphatic rings. The number of hydrogen-bond acceptors (Lipinski definition) is 0. The SMILES string of the molecule is CCc1ccn(-c2ccccc2)c1.Cc1ccn(-c2ccccc2)c1. The third-order valence-corrected chi connectivity index (χ3v) is 4.11. The van der Waals surface area contributed by atoms with Gasteiger partial charge in [0.2, 0.25) is 0 Å². The van der Waals surface area contributed by atoms with Gasteiger partial charge in [0.1, 0.15) is 0 Å². The van der Waals surface area contributed by atoms with Crippen molar-refractivity contribution in [1.29, 1.82) is 0 Å². The van der Waals surface area contributed by atoms with Gasteiger partial charge in [-0.25, -0.2) is 0 Å². The summed E-state index contributed by atoms with van der Waals surface area (Å²) in [6, 6.07) is 24.9. The van der Waals surface area contributed by atoms with Gasteiger partial charge >= 0.3 is 0 Å². The van der Waals surface area contributed by atoms with Crippen LogP contribution in [-0.4, -0.2) is 9.13 Å². The Morgan fingerprint density at radius 2 is 1.16 bits per heavy atom. The van der Waals surface area contributed by atoms with Crippen LogP contribution in [0.3, 0.4) is 0 Å². The minimum Gasteiger partial charge on any atom is -0.324 e. The second-order valence-corrected chi connectivity index (χ2v) is 6.05. The van der Waals surface area contributed by atoms with E-state index in [2.05, 4.69) is 96.3 Å². The Bertz CT molecular complexity index is 886. The van der Waals surface area contributed by atoms with Crippen molar-refractivity contribution in [2.75, 3.05) is 0 Å². The highest BCUT2D eigenvalue weighted by Crippen LogP contribution is 2.10. The highest BCUT2D eigenvalue weighted by molar-refractivity contribution is 5.34. The summed E-state index contributed by atoms with van der Waals surface area (Å²) in [6.07, 6.45) is 9.57. The molecule has 0 radical (unpaired) electrons. The Morgan fingerprint density at radius 3 is 1.60 bits per heavy atom. The van der Waals surface area contributed by atoms with E-state index in [-0.39, 0.29) is 0 Å². The van der Waals surface area contributed by atoms with Crippen molar-refractivity contribution in [2.45, 2.75) is 20.3 Å². The second-order valence-electron chi connectivity index (χ2n) is 6.05. The van der Waals surface area contributed by atoms with Gasteiger partial charge in [0.05, 0.1) is 0 Å². The molecule has 0 fully saturated rings. The average molecular weight is 328 g/mol. The quantitative estimate of drug-likeness (QED) is 0.448. The molecule has 2 heteroatoms. The number of rotatable bonds is 3. The maximum Gasteiger partial charge on any atom is 0.0449 e. The highest BCUT2D eigenvalue weighted by atomic mass is 14.9. The maximum atomic E-state index is 2.18. The first kappa shape index (κ1) is 16.8. The normalized spacial score (nSPS) is 10.2. The van der Waals surface area contributed by atoms with Gasteiger partial charge in [-0.2, -0.15) is 0 Å². The lowest BCUT2D eigenvalue weighted by molar-refractivity contribution is 1.05. The third-order valence-electron chi connectivity index (χ3n) is 4.11. The summed E-state index contributed by atoms with van der Waals surface area (Å²) < 4.78 is 4.27. The molecule has 0 unspecified atom stereocenters. The molecule has 0 bridgehead atoms. The van der Waals surface area contributed by atoms with E-state index in [1.807, 2.05) is 24.3 Å². The minimum atomic E-state index is 1.10. The molecule has 0 spiro atoms. The van der Waals surface area contributed by atoms with Crippen LogP contribution in [0.5, 0.6) is 0 Å². The summed E-state index contributed by atoms with van der Waals surface area (Å²) in [5.41, 5.74) is 5.11. The molecular formula is C23H24N2. The van der Waals surface area contributed by atoms with Crippen LogP contribution in [-0.2, 0) is 6.42 Å². The van der Waals surface area contributed by atoms with E-state index in [0.717, 1.165) is 6.42 Å². The van der Waals surface area contributed by atoms with Crippen LogP contribution in [0.15, 0.2) is 97.6 Å². The summed E-state index contributed by atoms with van der Waals surface area (Å²) in [7, 11) is 0. The first-order valence-corrected chi connectivity index (χ1v) is 8.68. The monoisotopic (exact) mass is 328 g/mol. The fourth-order valence-electron chi connectivity index (χ4n) is 2.67. The lowest BCUT2D eigenvalue weighted by Gasteiger charge is -2.00. The molecule has 0 aliphatic heterocycles. The van der Waals surface area contributed by atoms with E-state index >= 15 is 0 Å². The fourth-order valence-corrected chi connectivity index (χ4v) is 2.67. The molecule has 126 valence electrons. The fraction of sp³-hybridized carbons (Fsp3) is 0.130. The summed E-state index contributed by atoms with van der Waals surface area (Å²) in [5.74, 6) is 0. The van der Waals surface area contributed by atoms with Crippen molar-refractivity contribution in [3.8, 4) is 11.4 Å². The molecule has 2 aromatic carbocycles. The van der Waals surface area contributed by atoms with Crippen molar-refractivity contribution in [1.82, 2.24) is 9.13 Å². The standard InChI is InChI=1S/C12H13N.C11H11N/c1-2-11-8-9-13(10-11)12-6-4-3-5-7-12;1-10-7-8-12(9-10)11-5-3-2-4-6-11/h3-10H,2H2,1H3;2-9H,1H3. The number of nitrogens with zero attached hydrogens (tertiary/aromatic N) is 2. The predicted octanol–water partition coefficient (Wildman–Crippen LogP) is 5.83. The second kappa shape index (κ2) is 8.20. The van der Waals surface area contributed by atoms with E-state index in [1.165, 1.54) is 22.5 Å². The molecule has 2 heterocycles. The molecule has 0 aliphatic carbocycles. The number of aryl methyl sites for hydroxylation is 2. The van der Waals surface area contributed by atoms with Gasteiger partial charge in [-0.15, -0.1) is 0 Å². The zero-order valence-electron chi connectivity index (χ0n) is 14.8. The van der Waals surface area contributed by atoms with Crippen LogP contribution >= 0.6 is 0 Å². The van der Waals surface area contributed by atoms with Gasteiger partial charge in [-0.05, 0) is 60.9 Å². The molecule has 0 saturated heterocycles. The van der Waals surface area contributed by atoms with Gasteiger partial charge in [-0.1, -0.05) is 43.3 Å².